The zero-order valence-corrected chi connectivity index (χ0v) is 21.1. The van der Waals surface area contributed by atoms with Crippen molar-refractivity contribution in [1.29, 1.82) is 0 Å². The van der Waals surface area contributed by atoms with E-state index in [-0.39, 0.29) is 17.6 Å². The van der Waals surface area contributed by atoms with Crippen molar-refractivity contribution in [2.45, 2.75) is 56.5 Å². The molecule has 2 heterocycles. The molecule has 3 atom stereocenters. The number of amides is 2. The van der Waals surface area contributed by atoms with Gasteiger partial charge in [-0.05, 0) is 99.2 Å². The molecule has 0 radical (unpaired) electrons. The fourth-order valence-electron chi connectivity index (χ4n) is 5.22. The molecule has 2 amide bonds. The van der Waals surface area contributed by atoms with Crippen LogP contribution in [0.2, 0.25) is 0 Å². The van der Waals surface area contributed by atoms with Gasteiger partial charge in [0.15, 0.2) is 0 Å². The summed E-state index contributed by atoms with van der Waals surface area (Å²) in [4.78, 5) is 28.3. The molecule has 6 nitrogen and oxygen atoms in total. The van der Waals surface area contributed by atoms with Crippen molar-refractivity contribution in [3.05, 3.63) is 90.0 Å². The van der Waals surface area contributed by atoms with Crippen LogP contribution < -0.4 is 10.6 Å². The predicted molar refractivity (Wildman–Crippen MR) is 142 cm³/mol. The standard InChI is InChI=1S/C30H35FN4O2/c31-24-12-8-22(9-13-24)26-21-28(26)32-16-6-7-27(30(37)35-19-2-1-3-20-35)33-29(36)23-10-14-25(15-11-23)34-17-4-5-18-34/h4-5,8-15,17-18,26-28,32H,1-3,6-7,16,19-21H2,(H,33,36)/t26-,27-,28?/m0/s1. The summed E-state index contributed by atoms with van der Waals surface area (Å²) in [5.74, 6) is 0.00590. The van der Waals surface area contributed by atoms with E-state index in [4.69, 9.17) is 0 Å². The molecule has 0 bridgehead atoms. The summed E-state index contributed by atoms with van der Waals surface area (Å²) in [6.45, 7) is 2.29. The Morgan fingerprint density at radius 1 is 0.946 bits per heavy atom. The second kappa shape index (κ2) is 11.7. The van der Waals surface area contributed by atoms with E-state index in [0.717, 1.165) is 63.0 Å². The van der Waals surface area contributed by atoms with E-state index < -0.39 is 6.04 Å². The quantitative estimate of drug-likeness (QED) is 0.397. The Morgan fingerprint density at radius 3 is 2.35 bits per heavy atom. The average Bonchev–Trinajstić information content (AvgIpc) is 3.49. The van der Waals surface area contributed by atoms with Crippen LogP contribution in [0, 0.1) is 5.82 Å². The predicted octanol–water partition coefficient (Wildman–Crippen LogP) is 4.65. The van der Waals surface area contributed by atoms with Gasteiger partial charge in [-0.15, -0.1) is 0 Å². The molecular formula is C30H35FN4O2. The van der Waals surface area contributed by atoms with Crippen LogP contribution in [-0.4, -0.2) is 53.0 Å². The number of hydrogen-bond donors (Lipinski definition) is 2. The van der Waals surface area contributed by atoms with Crippen LogP contribution in [0.3, 0.4) is 0 Å². The molecule has 194 valence electrons. The first-order valence-electron chi connectivity index (χ1n) is 13.4. The smallest absolute Gasteiger partial charge is 0.251 e. The fourth-order valence-corrected chi connectivity index (χ4v) is 5.22. The number of rotatable bonds is 10. The van der Waals surface area contributed by atoms with Crippen molar-refractivity contribution in [3.8, 4) is 5.69 Å². The number of nitrogens with one attached hydrogen (secondary N) is 2. The lowest BCUT2D eigenvalue weighted by Gasteiger charge is -2.31. The van der Waals surface area contributed by atoms with Gasteiger partial charge in [0.2, 0.25) is 5.91 Å². The molecule has 1 aromatic heterocycles. The minimum absolute atomic E-state index is 0.0209. The van der Waals surface area contributed by atoms with Crippen LogP contribution in [0.25, 0.3) is 5.69 Å². The fraction of sp³-hybridized carbons (Fsp3) is 0.400. The molecule has 2 fully saturated rings. The lowest BCUT2D eigenvalue weighted by Crippen LogP contribution is -2.50. The molecule has 1 aliphatic heterocycles. The molecule has 2 aromatic carbocycles. The number of carbonyl (C=O) groups excluding carboxylic acids is 2. The molecule has 1 saturated heterocycles. The first kappa shape index (κ1) is 25.2. The summed E-state index contributed by atoms with van der Waals surface area (Å²) in [5, 5.41) is 6.59. The van der Waals surface area contributed by atoms with Gasteiger partial charge in [-0.3, -0.25) is 9.59 Å². The van der Waals surface area contributed by atoms with Crippen molar-refractivity contribution in [1.82, 2.24) is 20.1 Å². The number of nitrogens with zero attached hydrogens (tertiary/aromatic N) is 2. The van der Waals surface area contributed by atoms with Gasteiger partial charge in [-0.1, -0.05) is 12.1 Å². The zero-order valence-electron chi connectivity index (χ0n) is 21.1. The largest absolute Gasteiger partial charge is 0.341 e. The second-order valence-electron chi connectivity index (χ2n) is 10.1. The third-order valence-corrected chi connectivity index (χ3v) is 7.47. The number of piperidine rings is 1. The topological polar surface area (TPSA) is 66.4 Å². The van der Waals surface area contributed by atoms with Crippen LogP contribution in [0.1, 0.15) is 60.4 Å². The third kappa shape index (κ3) is 6.46. The highest BCUT2D eigenvalue weighted by molar-refractivity contribution is 5.97. The van der Waals surface area contributed by atoms with Gasteiger partial charge in [-0.25, -0.2) is 4.39 Å². The Bertz CT molecular complexity index is 1170. The zero-order chi connectivity index (χ0) is 25.6. The number of hydrogen-bond acceptors (Lipinski definition) is 3. The lowest BCUT2D eigenvalue weighted by atomic mass is 10.1. The minimum atomic E-state index is -0.538. The Kier molecular flexibility index (Phi) is 7.99. The summed E-state index contributed by atoms with van der Waals surface area (Å²) >= 11 is 0. The lowest BCUT2D eigenvalue weighted by molar-refractivity contribution is -0.134. The van der Waals surface area contributed by atoms with Gasteiger partial charge in [0.1, 0.15) is 11.9 Å². The van der Waals surface area contributed by atoms with Gasteiger partial charge in [0.25, 0.3) is 5.91 Å². The average molecular weight is 503 g/mol. The highest BCUT2D eigenvalue weighted by atomic mass is 19.1. The highest BCUT2D eigenvalue weighted by Gasteiger charge is 2.37. The van der Waals surface area contributed by atoms with Gasteiger partial charge in [0, 0.05) is 48.7 Å². The van der Waals surface area contributed by atoms with E-state index in [9.17, 15) is 14.0 Å². The van der Waals surface area contributed by atoms with E-state index in [2.05, 4.69) is 10.6 Å². The van der Waals surface area contributed by atoms with Gasteiger partial charge in [-0.2, -0.15) is 0 Å². The molecule has 0 spiro atoms. The summed E-state index contributed by atoms with van der Waals surface area (Å²) in [5.41, 5.74) is 2.69. The Hall–Kier alpha value is -3.45. The van der Waals surface area contributed by atoms with Crippen LogP contribution in [0.15, 0.2) is 73.1 Å². The Labute approximate surface area is 217 Å². The van der Waals surface area contributed by atoms with Crippen molar-refractivity contribution in [3.63, 3.8) is 0 Å². The number of carbonyl (C=O) groups is 2. The maximum Gasteiger partial charge on any atom is 0.251 e. The van der Waals surface area contributed by atoms with Crippen LogP contribution in [0.4, 0.5) is 4.39 Å². The van der Waals surface area contributed by atoms with Gasteiger partial charge >= 0.3 is 0 Å². The monoisotopic (exact) mass is 502 g/mol. The van der Waals surface area contributed by atoms with E-state index in [1.165, 1.54) is 12.1 Å². The van der Waals surface area contributed by atoms with Crippen molar-refractivity contribution < 1.29 is 14.0 Å². The van der Waals surface area contributed by atoms with E-state index in [1.807, 2.05) is 58.3 Å². The SMILES string of the molecule is O=C(N[C@@H](CCCNC1C[C@H]1c1ccc(F)cc1)C(=O)N1CCCCC1)c1ccc(-n2cccc2)cc1. The van der Waals surface area contributed by atoms with E-state index in [0.29, 0.717) is 23.9 Å². The minimum Gasteiger partial charge on any atom is -0.341 e. The summed E-state index contributed by atoms with van der Waals surface area (Å²) in [7, 11) is 0. The Balaban J connectivity index is 1.16. The van der Waals surface area contributed by atoms with Gasteiger partial charge in [0.05, 0.1) is 0 Å². The summed E-state index contributed by atoms with van der Waals surface area (Å²) in [6, 6.07) is 17.9. The maximum absolute atomic E-state index is 13.3. The molecule has 1 saturated carbocycles. The number of halogens is 1. The first-order chi connectivity index (χ1) is 18.1. The first-order valence-corrected chi connectivity index (χ1v) is 13.4. The molecule has 1 aliphatic carbocycles. The molecule has 37 heavy (non-hydrogen) atoms. The summed E-state index contributed by atoms with van der Waals surface area (Å²) < 4.78 is 15.2. The van der Waals surface area contributed by atoms with Crippen LogP contribution >= 0.6 is 0 Å². The normalized spacial score (nSPS) is 19.9. The van der Waals surface area contributed by atoms with E-state index >= 15 is 0 Å². The third-order valence-electron chi connectivity index (χ3n) is 7.47. The molecular weight excluding hydrogens is 467 g/mol. The van der Waals surface area contributed by atoms with Crippen molar-refractivity contribution in [2.75, 3.05) is 19.6 Å². The maximum atomic E-state index is 13.3. The van der Waals surface area contributed by atoms with Gasteiger partial charge < -0.3 is 20.1 Å². The number of likely N-dealkylation sites (tertiary alicyclic amines) is 1. The van der Waals surface area contributed by atoms with Crippen LogP contribution in [0.5, 0.6) is 0 Å². The highest BCUT2D eigenvalue weighted by Crippen LogP contribution is 2.40. The number of benzene rings is 2. The van der Waals surface area contributed by atoms with Crippen LogP contribution in [-0.2, 0) is 4.79 Å². The molecule has 2 aliphatic rings. The summed E-state index contributed by atoms with van der Waals surface area (Å²) in [6.07, 6.45) is 9.50. The van der Waals surface area contributed by atoms with Crippen molar-refractivity contribution in [2.24, 2.45) is 0 Å². The van der Waals surface area contributed by atoms with E-state index in [1.54, 1.807) is 12.1 Å². The molecule has 7 heteroatoms. The second-order valence-corrected chi connectivity index (χ2v) is 10.1. The molecule has 1 unspecified atom stereocenters. The molecule has 2 N–H and O–H groups in total. The molecule has 5 rings (SSSR count). The Morgan fingerprint density at radius 2 is 1.65 bits per heavy atom. The van der Waals surface area contributed by atoms with Crippen molar-refractivity contribution >= 4 is 11.8 Å². The number of aromatic nitrogens is 1. The molecule has 3 aromatic rings.